The zero-order valence-electron chi connectivity index (χ0n) is 12.2. The molecule has 0 radical (unpaired) electrons. The third kappa shape index (κ3) is 3.93. The number of pyridine rings is 1. The molecule has 0 spiro atoms. The van der Waals surface area contributed by atoms with Gasteiger partial charge < -0.3 is 10.6 Å². The fourth-order valence-electron chi connectivity index (χ4n) is 2.48. The Kier molecular flexibility index (Phi) is 4.82. The van der Waals surface area contributed by atoms with E-state index in [0.717, 1.165) is 12.8 Å². The van der Waals surface area contributed by atoms with Crippen LogP contribution in [0.1, 0.15) is 36.7 Å². The van der Waals surface area contributed by atoms with Crippen molar-refractivity contribution in [2.45, 2.75) is 32.2 Å². The van der Waals surface area contributed by atoms with Crippen LogP contribution in [0.25, 0.3) is 0 Å². The second kappa shape index (κ2) is 6.43. The monoisotopic (exact) mass is 311 g/mol. The molecule has 2 heterocycles. The number of carbonyl (C=O) groups is 1. The van der Waals surface area contributed by atoms with Gasteiger partial charge in [0.25, 0.3) is 5.91 Å². The Morgan fingerprint density at radius 3 is 2.76 bits per heavy atom. The van der Waals surface area contributed by atoms with Crippen LogP contribution in [0.5, 0.6) is 0 Å². The molecule has 0 aliphatic carbocycles. The molecule has 0 aromatic carbocycles. The predicted molar refractivity (Wildman–Crippen MR) is 81.7 cm³/mol. The van der Waals surface area contributed by atoms with Crippen LogP contribution in [-0.4, -0.2) is 48.3 Å². The van der Waals surface area contributed by atoms with Crippen LogP contribution < -0.4 is 5.73 Å². The van der Waals surface area contributed by atoms with Gasteiger partial charge in [0.05, 0.1) is 23.4 Å². The topological polar surface area (TPSA) is 93.4 Å². The number of rotatable bonds is 5. The number of amides is 1. The van der Waals surface area contributed by atoms with E-state index in [4.69, 9.17) is 5.73 Å². The van der Waals surface area contributed by atoms with Gasteiger partial charge in [0.2, 0.25) is 0 Å². The van der Waals surface area contributed by atoms with Gasteiger partial charge in [-0.1, -0.05) is 13.3 Å². The molecule has 0 bridgehead atoms. The maximum absolute atomic E-state index is 12.6. The highest BCUT2D eigenvalue weighted by atomic mass is 32.2. The average molecular weight is 311 g/mol. The van der Waals surface area contributed by atoms with E-state index in [-0.39, 0.29) is 23.5 Å². The van der Waals surface area contributed by atoms with Gasteiger partial charge in [0.1, 0.15) is 5.69 Å². The highest BCUT2D eigenvalue weighted by Gasteiger charge is 2.34. The van der Waals surface area contributed by atoms with Gasteiger partial charge in [0, 0.05) is 12.6 Å². The molecule has 1 aromatic heterocycles. The molecule has 7 heteroatoms. The summed E-state index contributed by atoms with van der Waals surface area (Å²) in [5.41, 5.74) is 6.38. The SMILES string of the molecule is CCCCN(C(=O)c1ccc(N)cn1)C1CCS(=O)(=O)C1. The minimum absolute atomic E-state index is 0.0530. The lowest BCUT2D eigenvalue weighted by atomic mass is 10.1. The summed E-state index contributed by atoms with van der Waals surface area (Å²) in [7, 11) is -3.02. The third-order valence-electron chi connectivity index (χ3n) is 3.67. The lowest BCUT2D eigenvalue weighted by Crippen LogP contribution is -2.42. The highest BCUT2D eigenvalue weighted by molar-refractivity contribution is 7.91. The van der Waals surface area contributed by atoms with Crippen LogP contribution in [-0.2, 0) is 9.84 Å². The smallest absolute Gasteiger partial charge is 0.272 e. The van der Waals surface area contributed by atoms with Gasteiger partial charge in [0.15, 0.2) is 9.84 Å². The molecule has 6 nitrogen and oxygen atoms in total. The van der Waals surface area contributed by atoms with E-state index in [1.54, 1.807) is 17.0 Å². The quantitative estimate of drug-likeness (QED) is 0.878. The molecular formula is C14H21N3O3S. The number of carbonyl (C=O) groups excluding carboxylic acids is 1. The van der Waals surface area contributed by atoms with Crippen molar-refractivity contribution in [1.29, 1.82) is 0 Å². The summed E-state index contributed by atoms with van der Waals surface area (Å²) in [5.74, 6) is -0.00859. The molecule has 1 aliphatic rings. The number of nitrogen functional groups attached to an aromatic ring is 1. The Morgan fingerprint density at radius 2 is 2.24 bits per heavy atom. The van der Waals surface area contributed by atoms with Gasteiger partial charge in [-0.3, -0.25) is 4.79 Å². The number of anilines is 1. The summed E-state index contributed by atoms with van der Waals surface area (Å²) >= 11 is 0. The van der Waals surface area contributed by atoms with Crippen molar-refractivity contribution in [2.24, 2.45) is 0 Å². The first-order valence-electron chi connectivity index (χ1n) is 7.16. The zero-order valence-corrected chi connectivity index (χ0v) is 13.0. The Hall–Kier alpha value is -1.63. The zero-order chi connectivity index (χ0) is 15.5. The van der Waals surface area contributed by atoms with Gasteiger partial charge in [-0.25, -0.2) is 13.4 Å². The summed E-state index contributed by atoms with van der Waals surface area (Å²) in [4.78, 5) is 18.3. The molecule has 21 heavy (non-hydrogen) atoms. The Labute approximate surface area is 125 Å². The largest absolute Gasteiger partial charge is 0.397 e. The third-order valence-corrected chi connectivity index (χ3v) is 5.42. The van der Waals surface area contributed by atoms with Crippen molar-refractivity contribution in [3.63, 3.8) is 0 Å². The first kappa shape index (κ1) is 15.8. The number of hydrogen-bond acceptors (Lipinski definition) is 5. The Balaban J connectivity index is 2.19. The predicted octanol–water partition coefficient (Wildman–Crippen LogP) is 1.09. The summed E-state index contributed by atoms with van der Waals surface area (Å²) in [6.45, 7) is 2.59. The standard InChI is InChI=1S/C14H21N3O3S/c1-2-3-7-17(12-6-8-21(19,20)10-12)14(18)13-5-4-11(15)9-16-13/h4-5,9,12H,2-3,6-8,10,15H2,1H3. The maximum atomic E-state index is 12.6. The molecule has 1 unspecified atom stereocenters. The normalized spacial score (nSPS) is 20.3. The van der Waals surface area contributed by atoms with Gasteiger partial charge >= 0.3 is 0 Å². The summed E-state index contributed by atoms with van der Waals surface area (Å²) in [6, 6.07) is 2.97. The van der Waals surface area contributed by atoms with Crippen molar-refractivity contribution in [3.8, 4) is 0 Å². The molecule has 116 valence electrons. The molecule has 1 atom stereocenters. The Morgan fingerprint density at radius 1 is 1.48 bits per heavy atom. The van der Waals surface area contributed by atoms with Crippen LogP contribution in [0.15, 0.2) is 18.3 Å². The van der Waals surface area contributed by atoms with E-state index < -0.39 is 9.84 Å². The van der Waals surface area contributed by atoms with Crippen LogP contribution in [0.2, 0.25) is 0 Å². The summed E-state index contributed by atoms with van der Waals surface area (Å²) < 4.78 is 23.3. The van der Waals surface area contributed by atoms with Crippen molar-refractivity contribution in [3.05, 3.63) is 24.0 Å². The molecule has 1 saturated heterocycles. The fraction of sp³-hybridized carbons (Fsp3) is 0.571. The number of aromatic nitrogens is 1. The lowest BCUT2D eigenvalue weighted by Gasteiger charge is -2.28. The molecule has 0 saturated carbocycles. The van der Waals surface area contributed by atoms with Crippen LogP contribution >= 0.6 is 0 Å². The van der Waals surface area contributed by atoms with E-state index >= 15 is 0 Å². The number of sulfone groups is 1. The number of hydrogen-bond donors (Lipinski definition) is 1. The van der Waals surface area contributed by atoms with Crippen molar-refractivity contribution < 1.29 is 13.2 Å². The average Bonchev–Trinajstić information content (AvgIpc) is 2.80. The van der Waals surface area contributed by atoms with Crippen molar-refractivity contribution in [1.82, 2.24) is 9.88 Å². The maximum Gasteiger partial charge on any atom is 0.272 e. The van der Waals surface area contributed by atoms with Gasteiger partial charge in [-0.15, -0.1) is 0 Å². The van der Waals surface area contributed by atoms with Crippen LogP contribution in [0.3, 0.4) is 0 Å². The second-order valence-corrected chi connectivity index (χ2v) is 7.61. The van der Waals surface area contributed by atoms with Crippen molar-refractivity contribution >= 4 is 21.4 Å². The van der Waals surface area contributed by atoms with Gasteiger partial charge in [-0.05, 0) is 25.0 Å². The van der Waals surface area contributed by atoms with E-state index in [2.05, 4.69) is 4.98 Å². The van der Waals surface area contributed by atoms with Gasteiger partial charge in [-0.2, -0.15) is 0 Å². The number of nitrogens with two attached hydrogens (primary N) is 1. The highest BCUT2D eigenvalue weighted by Crippen LogP contribution is 2.20. The Bertz CT molecular complexity index is 598. The minimum Gasteiger partial charge on any atom is -0.397 e. The molecule has 1 fully saturated rings. The van der Waals surface area contributed by atoms with E-state index in [0.29, 0.717) is 24.3 Å². The van der Waals surface area contributed by atoms with E-state index in [1.165, 1.54) is 6.20 Å². The summed E-state index contributed by atoms with van der Waals surface area (Å²) in [6.07, 6.45) is 3.74. The first-order valence-corrected chi connectivity index (χ1v) is 8.98. The van der Waals surface area contributed by atoms with E-state index in [1.807, 2.05) is 6.92 Å². The van der Waals surface area contributed by atoms with Crippen LogP contribution in [0.4, 0.5) is 5.69 Å². The van der Waals surface area contributed by atoms with Crippen LogP contribution in [0, 0.1) is 0 Å². The van der Waals surface area contributed by atoms with E-state index in [9.17, 15) is 13.2 Å². The molecule has 2 N–H and O–H groups in total. The molecule has 1 aromatic rings. The second-order valence-electron chi connectivity index (χ2n) is 5.39. The summed E-state index contributed by atoms with van der Waals surface area (Å²) in [5, 5.41) is 0. The first-order chi connectivity index (χ1) is 9.93. The van der Waals surface area contributed by atoms with Crippen molar-refractivity contribution in [2.75, 3.05) is 23.8 Å². The molecular weight excluding hydrogens is 290 g/mol. The molecule has 2 rings (SSSR count). The number of unbranched alkanes of at least 4 members (excludes halogenated alkanes) is 1. The lowest BCUT2D eigenvalue weighted by molar-refractivity contribution is 0.0688. The minimum atomic E-state index is -3.02. The number of nitrogens with zero attached hydrogens (tertiary/aromatic N) is 2. The molecule has 1 amide bonds. The molecule has 1 aliphatic heterocycles. The fourth-order valence-corrected chi connectivity index (χ4v) is 4.21.